The molecule has 0 aromatic heterocycles. The van der Waals surface area contributed by atoms with Crippen LogP contribution in [0, 0.1) is 0 Å². The summed E-state index contributed by atoms with van der Waals surface area (Å²) in [5, 5.41) is 0. The molecule has 1 saturated heterocycles. The van der Waals surface area contributed by atoms with Crippen molar-refractivity contribution >= 4 is 17.8 Å². The van der Waals surface area contributed by atoms with Gasteiger partial charge in [-0.25, -0.2) is 4.79 Å². The fourth-order valence-corrected chi connectivity index (χ4v) is 4.17. The number of amides is 2. The lowest BCUT2D eigenvalue weighted by molar-refractivity contribution is -0.140. The Balaban J connectivity index is 1.67. The van der Waals surface area contributed by atoms with Crippen LogP contribution in [0.1, 0.15) is 59.4 Å². The third kappa shape index (κ3) is 5.51. The Kier molecular flexibility index (Phi) is 7.45. The van der Waals surface area contributed by atoms with Gasteiger partial charge < -0.3 is 14.5 Å². The number of likely N-dealkylation sites (tertiary alicyclic amines) is 1. The Morgan fingerprint density at radius 3 is 2.16 bits per heavy atom. The Labute approximate surface area is 183 Å². The molecule has 1 aliphatic heterocycles. The van der Waals surface area contributed by atoms with Crippen LogP contribution < -0.4 is 0 Å². The number of carbonyl (C=O) groups excluding carboxylic acids is 3. The number of piperidine rings is 1. The highest BCUT2D eigenvalue weighted by Gasteiger charge is 2.30. The topological polar surface area (TPSA) is 66.9 Å². The van der Waals surface area contributed by atoms with Crippen LogP contribution in [-0.4, -0.2) is 53.3 Å². The van der Waals surface area contributed by atoms with Crippen molar-refractivity contribution in [3.8, 4) is 0 Å². The molecule has 0 aliphatic carbocycles. The summed E-state index contributed by atoms with van der Waals surface area (Å²) in [7, 11) is 1.69. The Bertz CT molecular complexity index is 918. The molecule has 2 aromatic carbocycles. The number of ether oxygens (including phenoxy) is 1. The quantitative estimate of drug-likeness (QED) is 0.662. The lowest BCUT2D eigenvalue weighted by Gasteiger charge is -2.38. The summed E-state index contributed by atoms with van der Waals surface area (Å²) >= 11 is 0. The van der Waals surface area contributed by atoms with Gasteiger partial charge in [-0.15, -0.1) is 0 Å². The summed E-state index contributed by atoms with van der Waals surface area (Å²) < 4.78 is 5.33. The Morgan fingerprint density at radius 2 is 1.52 bits per heavy atom. The van der Waals surface area contributed by atoms with Gasteiger partial charge in [0.05, 0.1) is 11.1 Å². The molecule has 6 heteroatoms. The largest absolute Gasteiger partial charge is 0.452 e. The van der Waals surface area contributed by atoms with Crippen LogP contribution in [0.2, 0.25) is 0 Å². The fourth-order valence-electron chi connectivity index (χ4n) is 4.17. The molecule has 2 aromatic rings. The fraction of sp³-hybridized carbons (Fsp3) is 0.400. The maximum atomic E-state index is 13.0. The number of carbonyl (C=O) groups is 3. The number of hydrogen-bond acceptors (Lipinski definition) is 4. The van der Waals surface area contributed by atoms with Crippen molar-refractivity contribution in [3.05, 3.63) is 71.3 Å². The summed E-state index contributed by atoms with van der Waals surface area (Å²) in [6.07, 6.45) is 3.00. The van der Waals surface area contributed by atoms with Gasteiger partial charge in [0.25, 0.3) is 11.8 Å². The molecule has 2 atom stereocenters. The van der Waals surface area contributed by atoms with Crippen molar-refractivity contribution in [2.45, 2.75) is 51.7 Å². The van der Waals surface area contributed by atoms with E-state index in [0.29, 0.717) is 6.54 Å². The van der Waals surface area contributed by atoms with E-state index in [-0.39, 0.29) is 41.6 Å². The van der Waals surface area contributed by atoms with Crippen LogP contribution in [0.15, 0.2) is 54.6 Å². The first-order valence-corrected chi connectivity index (χ1v) is 10.7. The van der Waals surface area contributed by atoms with Crippen molar-refractivity contribution in [3.63, 3.8) is 0 Å². The van der Waals surface area contributed by atoms with Crippen LogP contribution in [0.5, 0.6) is 0 Å². The van der Waals surface area contributed by atoms with E-state index in [1.165, 1.54) is 0 Å². The van der Waals surface area contributed by atoms with E-state index in [1.54, 1.807) is 36.2 Å². The molecule has 0 radical (unpaired) electrons. The van der Waals surface area contributed by atoms with Gasteiger partial charge in [-0.3, -0.25) is 9.59 Å². The van der Waals surface area contributed by atoms with Gasteiger partial charge in [0.2, 0.25) is 0 Å². The second kappa shape index (κ2) is 10.2. The first kappa shape index (κ1) is 22.5. The zero-order valence-corrected chi connectivity index (χ0v) is 18.4. The molecule has 0 saturated carbocycles. The maximum Gasteiger partial charge on any atom is 0.339 e. The van der Waals surface area contributed by atoms with E-state index in [0.717, 1.165) is 24.8 Å². The smallest absolute Gasteiger partial charge is 0.339 e. The van der Waals surface area contributed by atoms with E-state index in [2.05, 4.69) is 0 Å². The summed E-state index contributed by atoms with van der Waals surface area (Å²) in [6, 6.07) is 16.5. The molecule has 31 heavy (non-hydrogen) atoms. The SMILES string of the molecule is C[C@@H]1CCC[C@@H](C)N1C(=O)COC(=O)c1ccccc1C(=O)N(C)Cc1ccccc1. The van der Waals surface area contributed by atoms with E-state index in [1.807, 2.05) is 49.1 Å². The number of rotatable bonds is 6. The van der Waals surface area contributed by atoms with Gasteiger partial charge >= 0.3 is 5.97 Å². The predicted molar refractivity (Wildman–Crippen MR) is 119 cm³/mol. The minimum Gasteiger partial charge on any atom is -0.452 e. The van der Waals surface area contributed by atoms with Gasteiger partial charge in [0, 0.05) is 25.7 Å². The number of nitrogens with zero attached hydrogens (tertiary/aromatic N) is 2. The summed E-state index contributed by atoms with van der Waals surface area (Å²) in [5.74, 6) is -1.14. The highest BCUT2D eigenvalue weighted by atomic mass is 16.5. The Morgan fingerprint density at radius 1 is 0.935 bits per heavy atom. The third-order valence-corrected chi connectivity index (χ3v) is 5.79. The molecular weight excluding hydrogens is 392 g/mol. The average molecular weight is 423 g/mol. The first-order valence-electron chi connectivity index (χ1n) is 10.7. The number of esters is 1. The van der Waals surface area contributed by atoms with Crippen LogP contribution in [0.25, 0.3) is 0 Å². The normalized spacial score (nSPS) is 18.4. The molecule has 1 fully saturated rings. The van der Waals surface area contributed by atoms with Crippen molar-refractivity contribution in [1.82, 2.24) is 9.80 Å². The molecule has 164 valence electrons. The molecule has 0 N–H and O–H groups in total. The van der Waals surface area contributed by atoms with Gasteiger partial charge in [-0.1, -0.05) is 42.5 Å². The molecule has 2 amide bonds. The van der Waals surface area contributed by atoms with Gasteiger partial charge in [0.15, 0.2) is 6.61 Å². The zero-order chi connectivity index (χ0) is 22.4. The molecule has 3 rings (SSSR count). The molecular formula is C25H30N2O4. The molecule has 6 nitrogen and oxygen atoms in total. The van der Waals surface area contributed by atoms with Crippen LogP contribution >= 0.6 is 0 Å². The number of hydrogen-bond donors (Lipinski definition) is 0. The van der Waals surface area contributed by atoms with Gasteiger partial charge in [-0.05, 0) is 50.8 Å². The minimum absolute atomic E-state index is 0.135. The highest BCUT2D eigenvalue weighted by molar-refractivity contribution is 6.05. The first-order chi connectivity index (χ1) is 14.9. The second-order valence-corrected chi connectivity index (χ2v) is 8.20. The van der Waals surface area contributed by atoms with E-state index >= 15 is 0 Å². The standard InChI is InChI=1S/C25H30N2O4/c1-18-10-9-11-19(2)27(18)23(28)17-31-25(30)22-15-8-7-14-21(22)24(29)26(3)16-20-12-5-4-6-13-20/h4-8,12-15,18-19H,9-11,16-17H2,1-3H3/t18-,19-/m1/s1. The maximum absolute atomic E-state index is 13.0. The lowest BCUT2D eigenvalue weighted by atomic mass is 9.97. The third-order valence-electron chi connectivity index (χ3n) is 5.79. The minimum atomic E-state index is -0.664. The van der Waals surface area contributed by atoms with Crippen LogP contribution in [0.3, 0.4) is 0 Å². The molecule has 1 heterocycles. The average Bonchev–Trinajstić information content (AvgIpc) is 2.77. The molecule has 0 spiro atoms. The predicted octanol–water partition coefficient (Wildman–Crippen LogP) is 3.91. The van der Waals surface area contributed by atoms with Crippen LogP contribution in [0.4, 0.5) is 0 Å². The second-order valence-electron chi connectivity index (χ2n) is 8.20. The highest BCUT2D eigenvalue weighted by Crippen LogP contribution is 2.23. The summed E-state index contributed by atoms with van der Waals surface area (Å²) in [6.45, 7) is 4.14. The van der Waals surface area contributed by atoms with Crippen molar-refractivity contribution in [2.75, 3.05) is 13.7 Å². The van der Waals surface area contributed by atoms with Crippen molar-refractivity contribution in [2.24, 2.45) is 0 Å². The van der Waals surface area contributed by atoms with Gasteiger partial charge in [0.1, 0.15) is 0 Å². The lowest BCUT2D eigenvalue weighted by Crippen LogP contribution is -2.49. The molecule has 0 unspecified atom stereocenters. The van der Waals surface area contributed by atoms with Crippen molar-refractivity contribution < 1.29 is 19.1 Å². The monoisotopic (exact) mass is 422 g/mol. The van der Waals surface area contributed by atoms with Crippen molar-refractivity contribution in [1.29, 1.82) is 0 Å². The molecule has 0 bridgehead atoms. The van der Waals surface area contributed by atoms with Crippen LogP contribution in [-0.2, 0) is 16.1 Å². The molecule has 1 aliphatic rings. The Hall–Kier alpha value is -3.15. The van der Waals surface area contributed by atoms with E-state index < -0.39 is 5.97 Å². The number of benzene rings is 2. The van der Waals surface area contributed by atoms with E-state index in [9.17, 15) is 14.4 Å². The van der Waals surface area contributed by atoms with Gasteiger partial charge in [-0.2, -0.15) is 0 Å². The summed E-state index contributed by atoms with van der Waals surface area (Å²) in [5.41, 5.74) is 1.42. The zero-order valence-electron chi connectivity index (χ0n) is 18.4. The summed E-state index contributed by atoms with van der Waals surface area (Å²) in [4.78, 5) is 41.8. The van der Waals surface area contributed by atoms with E-state index in [4.69, 9.17) is 4.74 Å².